The lowest BCUT2D eigenvalue weighted by atomic mass is 9.95. The fraction of sp³-hybridized carbons (Fsp3) is 0.185. The summed E-state index contributed by atoms with van der Waals surface area (Å²) in [6.45, 7) is 3.03. The number of carbonyl (C=O) groups excluding carboxylic acids is 1. The number of H-pyrrole nitrogens is 1. The molecule has 3 aromatic carbocycles. The summed E-state index contributed by atoms with van der Waals surface area (Å²) in [7, 11) is 0. The zero-order valence-electron chi connectivity index (χ0n) is 18.3. The maximum atomic E-state index is 13.5. The molecule has 2 heterocycles. The summed E-state index contributed by atoms with van der Waals surface area (Å²) in [5.41, 5.74) is 4.82. The number of rotatable bonds is 7. The van der Waals surface area contributed by atoms with E-state index in [1.807, 2.05) is 59.5 Å². The molecule has 0 saturated heterocycles. The first kappa shape index (κ1) is 20.9. The molecule has 0 radical (unpaired) electrons. The van der Waals surface area contributed by atoms with Crippen LogP contribution in [0.1, 0.15) is 46.6 Å². The summed E-state index contributed by atoms with van der Waals surface area (Å²) in [5, 5.41) is 7.48. The second-order valence-electron chi connectivity index (χ2n) is 8.11. The number of nitrogens with zero attached hydrogens (tertiary/aromatic N) is 2. The van der Waals surface area contributed by atoms with Crippen molar-refractivity contribution in [3.63, 3.8) is 0 Å². The third-order valence-electron chi connectivity index (χ3n) is 5.82. The molecule has 1 atom stereocenters. The number of carbonyl (C=O) groups is 1. The fourth-order valence-corrected chi connectivity index (χ4v) is 4.30. The van der Waals surface area contributed by atoms with Gasteiger partial charge in [-0.3, -0.25) is 9.89 Å². The van der Waals surface area contributed by atoms with Gasteiger partial charge in [-0.1, -0.05) is 61.5 Å². The van der Waals surface area contributed by atoms with Crippen LogP contribution in [-0.4, -0.2) is 27.6 Å². The van der Waals surface area contributed by atoms with Gasteiger partial charge < -0.3 is 9.64 Å². The van der Waals surface area contributed by atoms with E-state index < -0.39 is 0 Å². The first-order chi connectivity index (χ1) is 16.2. The van der Waals surface area contributed by atoms with Crippen LogP contribution in [0.3, 0.4) is 0 Å². The van der Waals surface area contributed by atoms with E-state index in [0.717, 1.165) is 40.1 Å². The van der Waals surface area contributed by atoms with Crippen molar-refractivity contribution in [2.45, 2.75) is 25.9 Å². The topological polar surface area (TPSA) is 58.2 Å². The molecule has 1 amide bonds. The van der Waals surface area contributed by atoms with Gasteiger partial charge in [-0.2, -0.15) is 5.10 Å². The van der Waals surface area contributed by atoms with Crippen LogP contribution < -0.4 is 4.74 Å². The number of aromatic amines is 1. The van der Waals surface area contributed by atoms with Gasteiger partial charge in [0.1, 0.15) is 17.3 Å². The number of hydrogen-bond acceptors (Lipinski definition) is 3. The summed E-state index contributed by atoms with van der Waals surface area (Å²) < 4.78 is 19.3. The molecule has 0 bridgehead atoms. The Labute approximate surface area is 191 Å². The highest BCUT2D eigenvalue weighted by atomic mass is 19.1. The monoisotopic (exact) mass is 441 g/mol. The quantitative estimate of drug-likeness (QED) is 0.397. The Morgan fingerprint density at radius 3 is 2.58 bits per heavy atom. The molecule has 1 N–H and O–H groups in total. The Morgan fingerprint density at radius 2 is 1.82 bits per heavy atom. The molecule has 1 unspecified atom stereocenters. The van der Waals surface area contributed by atoms with E-state index in [1.165, 1.54) is 12.1 Å². The predicted molar refractivity (Wildman–Crippen MR) is 124 cm³/mol. The molecule has 5 rings (SSSR count). The molecule has 0 aliphatic carbocycles. The molecule has 0 spiro atoms. The SMILES string of the molecule is CCCOc1cccc(C2c3c(-c4ccccc4)n[nH]c3C(=O)N2Cc2ccc(F)cc2)c1. The summed E-state index contributed by atoms with van der Waals surface area (Å²) >= 11 is 0. The lowest BCUT2D eigenvalue weighted by Crippen LogP contribution is -2.29. The van der Waals surface area contributed by atoms with Crippen LogP contribution in [0.5, 0.6) is 5.75 Å². The van der Waals surface area contributed by atoms with Crippen LogP contribution in [0.15, 0.2) is 78.9 Å². The Hall–Kier alpha value is -3.93. The molecule has 6 heteroatoms. The van der Waals surface area contributed by atoms with Crippen molar-refractivity contribution < 1.29 is 13.9 Å². The second-order valence-corrected chi connectivity index (χ2v) is 8.11. The van der Waals surface area contributed by atoms with E-state index in [9.17, 15) is 9.18 Å². The number of hydrogen-bond donors (Lipinski definition) is 1. The highest BCUT2D eigenvalue weighted by Gasteiger charge is 2.42. The average molecular weight is 442 g/mol. The molecule has 33 heavy (non-hydrogen) atoms. The Morgan fingerprint density at radius 1 is 1.03 bits per heavy atom. The predicted octanol–water partition coefficient (Wildman–Crippen LogP) is 5.75. The molecule has 0 fully saturated rings. The Balaban J connectivity index is 1.61. The standard InChI is InChI=1S/C27H24FN3O2/c1-2-15-33-22-10-6-9-20(16-22)26-23-24(19-7-4-3-5-8-19)29-30-25(23)27(32)31(26)17-18-11-13-21(28)14-12-18/h3-14,16,26H,2,15,17H2,1H3,(H,29,30). The van der Waals surface area contributed by atoms with E-state index in [-0.39, 0.29) is 17.8 Å². The highest BCUT2D eigenvalue weighted by Crippen LogP contribution is 2.44. The zero-order valence-corrected chi connectivity index (χ0v) is 18.3. The maximum Gasteiger partial charge on any atom is 0.273 e. The maximum absolute atomic E-state index is 13.5. The number of nitrogens with one attached hydrogen (secondary N) is 1. The number of fused-ring (bicyclic) bond motifs is 1. The molecule has 5 nitrogen and oxygen atoms in total. The number of ether oxygens (including phenoxy) is 1. The molecule has 4 aromatic rings. The summed E-state index contributed by atoms with van der Waals surface area (Å²) in [6.07, 6.45) is 0.910. The van der Waals surface area contributed by atoms with Gasteiger partial charge in [0.25, 0.3) is 5.91 Å². The average Bonchev–Trinajstić information content (AvgIpc) is 3.39. The van der Waals surface area contributed by atoms with Crippen molar-refractivity contribution in [3.05, 3.63) is 107 Å². The third kappa shape index (κ3) is 4.00. The zero-order chi connectivity index (χ0) is 22.8. The smallest absolute Gasteiger partial charge is 0.273 e. The molecular formula is C27H24FN3O2. The summed E-state index contributed by atoms with van der Waals surface area (Å²) in [5.74, 6) is 0.334. The normalized spacial score (nSPS) is 15.0. The van der Waals surface area contributed by atoms with Crippen molar-refractivity contribution in [1.82, 2.24) is 15.1 Å². The minimum absolute atomic E-state index is 0.131. The van der Waals surface area contributed by atoms with Crippen LogP contribution in [-0.2, 0) is 6.54 Å². The van der Waals surface area contributed by atoms with Gasteiger partial charge in [-0.05, 0) is 41.8 Å². The molecule has 1 aromatic heterocycles. The van der Waals surface area contributed by atoms with E-state index >= 15 is 0 Å². The van der Waals surface area contributed by atoms with Crippen LogP contribution in [0.4, 0.5) is 4.39 Å². The number of halogens is 1. The largest absolute Gasteiger partial charge is 0.494 e. The number of aromatic nitrogens is 2. The van der Waals surface area contributed by atoms with Gasteiger partial charge in [0.05, 0.1) is 18.3 Å². The number of amides is 1. The lowest BCUT2D eigenvalue weighted by Gasteiger charge is -2.27. The van der Waals surface area contributed by atoms with Crippen molar-refractivity contribution >= 4 is 5.91 Å². The molecule has 0 saturated carbocycles. The Kier molecular flexibility index (Phi) is 5.65. The summed E-state index contributed by atoms with van der Waals surface area (Å²) in [4.78, 5) is 15.3. The van der Waals surface area contributed by atoms with Crippen LogP contribution in [0.25, 0.3) is 11.3 Å². The first-order valence-corrected chi connectivity index (χ1v) is 11.1. The van der Waals surface area contributed by atoms with Crippen molar-refractivity contribution in [2.24, 2.45) is 0 Å². The van der Waals surface area contributed by atoms with E-state index in [2.05, 4.69) is 17.1 Å². The minimum atomic E-state index is -0.350. The van der Waals surface area contributed by atoms with Gasteiger partial charge in [0.15, 0.2) is 0 Å². The van der Waals surface area contributed by atoms with Gasteiger partial charge in [-0.15, -0.1) is 0 Å². The molecule has 1 aliphatic heterocycles. The van der Waals surface area contributed by atoms with Crippen molar-refractivity contribution in [2.75, 3.05) is 6.61 Å². The van der Waals surface area contributed by atoms with Gasteiger partial charge in [-0.25, -0.2) is 4.39 Å². The van der Waals surface area contributed by atoms with E-state index in [4.69, 9.17) is 4.74 Å². The first-order valence-electron chi connectivity index (χ1n) is 11.1. The van der Waals surface area contributed by atoms with Crippen LogP contribution in [0, 0.1) is 5.82 Å². The second kappa shape index (κ2) is 8.90. The molecule has 1 aliphatic rings. The molecule has 166 valence electrons. The van der Waals surface area contributed by atoms with E-state index in [0.29, 0.717) is 18.8 Å². The van der Waals surface area contributed by atoms with Crippen LogP contribution >= 0.6 is 0 Å². The highest BCUT2D eigenvalue weighted by molar-refractivity contribution is 6.00. The van der Waals surface area contributed by atoms with Gasteiger partial charge in [0.2, 0.25) is 0 Å². The van der Waals surface area contributed by atoms with Gasteiger partial charge in [0, 0.05) is 17.7 Å². The van der Waals surface area contributed by atoms with Gasteiger partial charge >= 0.3 is 0 Å². The fourth-order valence-electron chi connectivity index (χ4n) is 4.30. The Bertz CT molecular complexity index is 1270. The third-order valence-corrected chi connectivity index (χ3v) is 5.82. The van der Waals surface area contributed by atoms with Crippen molar-refractivity contribution in [3.8, 4) is 17.0 Å². The van der Waals surface area contributed by atoms with Crippen LogP contribution in [0.2, 0.25) is 0 Å². The molecular weight excluding hydrogens is 417 g/mol. The minimum Gasteiger partial charge on any atom is -0.494 e. The van der Waals surface area contributed by atoms with Crippen molar-refractivity contribution in [1.29, 1.82) is 0 Å². The lowest BCUT2D eigenvalue weighted by molar-refractivity contribution is 0.0730. The van der Waals surface area contributed by atoms with E-state index in [1.54, 1.807) is 12.1 Å². The summed E-state index contributed by atoms with van der Waals surface area (Å²) in [6, 6.07) is 23.6. The number of benzene rings is 3.